The Kier molecular flexibility index (Phi) is 16.9. The molecule has 0 bridgehead atoms. The Labute approximate surface area is 173 Å². The van der Waals surface area contributed by atoms with Crippen LogP contribution in [0.5, 0.6) is 0 Å². The van der Waals surface area contributed by atoms with Crippen LogP contribution in [0.25, 0.3) is 0 Å². The lowest BCUT2D eigenvalue weighted by molar-refractivity contribution is 0.230. The van der Waals surface area contributed by atoms with Gasteiger partial charge in [0.1, 0.15) is 0 Å². The maximum atomic E-state index is 12.4. The van der Waals surface area contributed by atoms with Crippen molar-refractivity contribution < 1.29 is 22.4 Å². The van der Waals surface area contributed by atoms with E-state index < -0.39 is 23.7 Å². The van der Waals surface area contributed by atoms with Crippen molar-refractivity contribution in [3.8, 4) is 0 Å². The molecule has 0 saturated heterocycles. The molecule has 170 valence electrons. The third-order valence-corrected chi connectivity index (χ3v) is 7.77. The number of nitrogens with one attached hydrogen (secondary N) is 1. The van der Waals surface area contributed by atoms with Gasteiger partial charge in [0, 0.05) is 12.2 Å². The lowest BCUT2D eigenvalue weighted by Gasteiger charge is -2.20. The second kappa shape index (κ2) is 16.8. The van der Waals surface area contributed by atoms with Crippen LogP contribution in [0.1, 0.15) is 104 Å². The average molecular weight is 442 g/mol. The van der Waals surface area contributed by atoms with Gasteiger partial charge in [0.25, 0.3) is 0 Å². The zero-order valence-corrected chi connectivity index (χ0v) is 20.0. The molecule has 0 aromatic rings. The summed E-state index contributed by atoms with van der Waals surface area (Å²) in [5.74, 6) is 0.109. The molecule has 0 amide bonds. The molecule has 2 atom stereocenters. The lowest BCUT2D eigenvalue weighted by Crippen LogP contribution is -2.39. The predicted molar refractivity (Wildman–Crippen MR) is 118 cm³/mol. The molecule has 0 aromatic carbocycles. The Bertz CT molecular complexity index is 513. The van der Waals surface area contributed by atoms with Gasteiger partial charge in [-0.2, -0.15) is 0 Å². The van der Waals surface area contributed by atoms with Gasteiger partial charge in [0.2, 0.25) is 10.0 Å². The number of sulfonamides is 1. The maximum Gasteiger partial charge on any atom is 0.327 e. The molecule has 0 aliphatic rings. The third-order valence-electron chi connectivity index (χ3n) is 4.90. The molecule has 8 heteroatoms. The molecule has 0 aliphatic carbocycles. The molecule has 0 radical (unpaired) electrons. The minimum absolute atomic E-state index is 0.0283. The smallest absolute Gasteiger partial charge is 0.324 e. The molecule has 2 unspecified atom stereocenters. The summed E-state index contributed by atoms with van der Waals surface area (Å²) in [5.41, 5.74) is 0. The van der Waals surface area contributed by atoms with E-state index in [4.69, 9.17) is 4.52 Å². The average Bonchev–Trinajstić information content (AvgIpc) is 2.65. The summed E-state index contributed by atoms with van der Waals surface area (Å²) in [4.78, 5) is 9.61. The highest BCUT2D eigenvalue weighted by Crippen LogP contribution is 2.41. The minimum Gasteiger partial charge on any atom is -0.324 e. The van der Waals surface area contributed by atoms with Gasteiger partial charge in [-0.3, -0.25) is 4.57 Å². The van der Waals surface area contributed by atoms with E-state index in [9.17, 15) is 17.9 Å². The van der Waals surface area contributed by atoms with Crippen LogP contribution in [0.15, 0.2) is 0 Å². The van der Waals surface area contributed by atoms with Gasteiger partial charge < -0.3 is 9.42 Å². The molecular formula is C20H44NO5PS. The summed E-state index contributed by atoms with van der Waals surface area (Å²) in [5, 5.41) is 0. The summed E-state index contributed by atoms with van der Waals surface area (Å²) >= 11 is 0. The van der Waals surface area contributed by atoms with Crippen LogP contribution in [-0.2, 0) is 19.1 Å². The standard InChI is InChI=1S/C20H44NO5PS/c1-4-7-9-11-12-13-14-16-18-28(24,25)21-20(17-15-10-8-5-2)19-26-27(22,23)6-3/h20-21H,4-19H2,1-3H3,(H,22,23). The highest BCUT2D eigenvalue weighted by Gasteiger charge is 2.22. The van der Waals surface area contributed by atoms with Gasteiger partial charge in [-0.1, -0.05) is 91.4 Å². The van der Waals surface area contributed by atoms with Crippen LogP contribution in [0, 0.1) is 0 Å². The largest absolute Gasteiger partial charge is 0.327 e. The second-order valence-corrected chi connectivity index (χ2v) is 11.7. The van der Waals surface area contributed by atoms with Crippen molar-refractivity contribution >= 4 is 17.6 Å². The Morgan fingerprint density at radius 1 is 0.857 bits per heavy atom. The third kappa shape index (κ3) is 17.0. The first kappa shape index (κ1) is 28.1. The number of rotatable bonds is 20. The lowest BCUT2D eigenvalue weighted by atomic mass is 10.1. The molecular weight excluding hydrogens is 397 g/mol. The van der Waals surface area contributed by atoms with Crippen molar-refractivity contribution in [2.45, 2.75) is 110 Å². The number of hydrogen-bond donors (Lipinski definition) is 2. The van der Waals surface area contributed by atoms with Crippen molar-refractivity contribution in [1.82, 2.24) is 4.72 Å². The Hall–Kier alpha value is 0.0600. The van der Waals surface area contributed by atoms with Gasteiger partial charge in [0.15, 0.2) is 0 Å². The molecule has 0 spiro atoms. The summed E-state index contributed by atoms with van der Waals surface area (Å²) < 4.78 is 44.3. The zero-order chi connectivity index (χ0) is 21.3. The number of unbranched alkanes of at least 4 members (excludes halogenated alkanes) is 10. The highest BCUT2D eigenvalue weighted by molar-refractivity contribution is 7.89. The van der Waals surface area contributed by atoms with Gasteiger partial charge in [-0.15, -0.1) is 0 Å². The topological polar surface area (TPSA) is 92.7 Å². The van der Waals surface area contributed by atoms with Gasteiger partial charge in [0.05, 0.1) is 12.4 Å². The summed E-state index contributed by atoms with van der Waals surface area (Å²) in [6.45, 7) is 5.85. The van der Waals surface area contributed by atoms with E-state index in [2.05, 4.69) is 18.6 Å². The molecule has 0 heterocycles. The van der Waals surface area contributed by atoms with E-state index in [1.54, 1.807) is 6.92 Å². The van der Waals surface area contributed by atoms with E-state index >= 15 is 0 Å². The first-order valence-corrected chi connectivity index (χ1v) is 14.6. The van der Waals surface area contributed by atoms with Crippen LogP contribution in [0.3, 0.4) is 0 Å². The van der Waals surface area contributed by atoms with E-state index in [0.29, 0.717) is 12.8 Å². The summed E-state index contributed by atoms with van der Waals surface area (Å²) in [6.07, 6.45) is 13.6. The molecule has 2 N–H and O–H groups in total. The van der Waals surface area contributed by atoms with E-state index in [1.165, 1.54) is 32.1 Å². The highest BCUT2D eigenvalue weighted by atomic mass is 32.2. The first-order chi connectivity index (χ1) is 13.3. The Morgan fingerprint density at radius 3 is 1.89 bits per heavy atom. The zero-order valence-electron chi connectivity index (χ0n) is 18.3. The van der Waals surface area contributed by atoms with Crippen LogP contribution in [0.4, 0.5) is 0 Å². The molecule has 28 heavy (non-hydrogen) atoms. The fourth-order valence-corrected chi connectivity index (χ4v) is 5.02. The van der Waals surface area contributed by atoms with Crippen molar-refractivity contribution in [2.24, 2.45) is 0 Å². The van der Waals surface area contributed by atoms with Crippen molar-refractivity contribution in [1.29, 1.82) is 0 Å². The van der Waals surface area contributed by atoms with Crippen LogP contribution < -0.4 is 4.72 Å². The predicted octanol–water partition coefficient (Wildman–Crippen LogP) is 5.61. The summed E-state index contributed by atoms with van der Waals surface area (Å²) in [7, 11) is -7.02. The summed E-state index contributed by atoms with van der Waals surface area (Å²) in [6, 6.07) is -0.442. The van der Waals surface area contributed by atoms with Crippen molar-refractivity contribution in [2.75, 3.05) is 18.5 Å². The maximum absolute atomic E-state index is 12.4. The molecule has 0 aromatic heterocycles. The van der Waals surface area contributed by atoms with Crippen LogP contribution in [-0.4, -0.2) is 37.9 Å². The van der Waals surface area contributed by atoms with Crippen LogP contribution >= 0.6 is 7.60 Å². The van der Waals surface area contributed by atoms with E-state index in [1.807, 2.05) is 0 Å². The second-order valence-electron chi connectivity index (χ2n) is 7.71. The monoisotopic (exact) mass is 441 g/mol. The first-order valence-electron chi connectivity index (χ1n) is 11.2. The number of hydrogen-bond acceptors (Lipinski definition) is 4. The SMILES string of the molecule is CCCCCCCCCCS(=O)(=O)NC(CCCCCC)COP(=O)(O)CC. The van der Waals surface area contributed by atoms with Gasteiger partial charge in [-0.05, 0) is 12.8 Å². The van der Waals surface area contributed by atoms with Crippen molar-refractivity contribution in [3.05, 3.63) is 0 Å². The molecule has 0 aliphatic heterocycles. The minimum atomic E-state index is -3.61. The van der Waals surface area contributed by atoms with Crippen LogP contribution in [0.2, 0.25) is 0 Å². The van der Waals surface area contributed by atoms with E-state index in [0.717, 1.165) is 38.5 Å². The molecule has 6 nitrogen and oxygen atoms in total. The van der Waals surface area contributed by atoms with Gasteiger partial charge in [-0.25, -0.2) is 13.1 Å². The van der Waals surface area contributed by atoms with Gasteiger partial charge >= 0.3 is 7.60 Å². The Morgan fingerprint density at radius 2 is 1.36 bits per heavy atom. The fraction of sp³-hybridized carbons (Fsp3) is 1.00. The molecule has 0 fully saturated rings. The van der Waals surface area contributed by atoms with Crippen molar-refractivity contribution in [3.63, 3.8) is 0 Å². The quantitative estimate of drug-likeness (QED) is 0.189. The molecule has 0 rings (SSSR count). The normalized spacial score (nSPS) is 15.4. The fourth-order valence-electron chi connectivity index (χ4n) is 3.03. The molecule has 0 saturated carbocycles. The van der Waals surface area contributed by atoms with E-state index in [-0.39, 0.29) is 18.5 Å². The Balaban J connectivity index is 4.32.